The monoisotopic (exact) mass is 788 g/mol. The molecule has 0 aliphatic carbocycles. The number of carbonyl (C=O) groups excluding carboxylic acids is 1. The number of hydrogen-bond acceptors (Lipinski definition) is 8. The van der Waals surface area contributed by atoms with Gasteiger partial charge in [0.1, 0.15) is 24.4 Å². The Morgan fingerprint density at radius 3 is 1.68 bits per heavy atom. The number of allylic oxidation sites excluding steroid dienone is 11. The molecule has 1 aliphatic heterocycles. The van der Waals surface area contributed by atoms with E-state index in [-0.39, 0.29) is 12.5 Å². The summed E-state index contributed by atoms with van der Waals surface area (Å²) in [7, 11) is 0. The predicted octanol–water partition coefficient (Wildman–Crippen LogP) is 9.00. The topological polar surface area (TPSA) is 149 Å². The minimum Gasteiger partial charge on any atom is -0.394 e. The van der Waals surface area contributed by atoms with Crippen LogP contribution in [0, 0.1) is 0 Å². The van der Waals surface area contributed by atoms with Gasteiger partial charge in [0.25, 0.3) is 0 Å². The lowest BCUT2D eigenvalue weighted by molar-refractivity contribution is -0.302. The molecule has 0 aromatic heterocycles. The third kappa shape index (κ3) is 27.3. The van der Waals surface area contributed by atoms with Crippen LogP contribution in [0.4, 0.5) is 0 Å². The van der Waals surface area contributed by atoms with Gasteiger partial charge in [0, 0.05) is 6.42 Å². The fourth-order valence-corrected chi connectivity index (χ4v) is 6.35. The SMILES string of the molecule is CCCC/C=C/CC/C=C/CC/C=C/C(O)C(COC1OC(CO)C(O)C(O)C1O)NC(=O)CCCCCCCC/C=C\C/C=C\C/C=C\CCCCCCC. The first-order valence-corrected chi connectivity index (χ1v) is 22.2. The number of unbranched alkanes of at least 4 members (excludes halogenated alkanes) is 15. The van der Waals surface area contributed by atoms with Gasteiger partial charge in [0.2, 0.25) is 5.91 Å². The Morgan fingerprint density at radius 1 is 0.607 bits per heavy atom. The van der Waals surface area contributed by atoms with Gasteiger partial charge in [-0.05, 0) is 77.0 Å². The van der Waals surface area contributed by atoms with Crippen LogP contribution in [0.3, 0.4) is 0 Å². The van der Waals surface area contributed by atoms with E-state index in [0.29, 0.717) is 6.42 Å². The second kappa shape index (κ2) is 36.9. The molecular formula is C47H81NO8. The summed E-state index contributed by atoms with van der Waals surface area (Å²) in [6.45, 7) is 3.65. The number of aliphatic hydroxyl groups excluding tert-OH is 5. The van der Waals surface area contributed by atoms with Crippen molar-refractivity contribution in [2.45, 2.75) is 204 Å². The van der Waals surface area contributed by atoms with Crippen molar-refractivity contribution in [3.05, 3.63) is 72.9 Å². The quantitative estimate of drug-likeness (QED) is 0.0276. The highest BCUT2D eigenvalue weighted by molar-refractivity contribution is 5.76. The summed E-state index contributed by atoms with van der Waals surface area (Å²) in [6, 6.07) is -0.837. The molecule has 0 aromatic carbocycles. The van der Waals surface area contributed by atoms with Gasteiger partial charge in [-0.25, -0.2) is 0 Å². The number of rotatable bonds is 35. The molecule has 7 unspecified atom stereocenters. The summed E-state index contributed by atoms with van der Waals surface area (Å²) in [5.74, 6) is -0.209. The van der Waals surface area contributed by atoms with Crippen molar-refractivity contribution in [3.63, 3.8) is 0 Å². The van der Waals surface area contributed by atoms with E-state index >= 15 is 0 Å². The summed E-state index contributed by atoms with van der Waals surface area (Å²) < 4.78 is 11.2. The summed E-state index contributed by atoms with van der Waals surface area (Å²) in [4.78, 5) is 12.9. The molecule has 1 fully saturated rings. The van der Waals surface area contributed by atoms with Crippen molar-refractivity contribution in [3.8, 4) is 0 Å². The molecule has 1 amide bonds. The minimum absolute atomic E-state index is 0.209. The maximum atomic E-state index is 12.9. The molecule has 0 aromatic rings. The predicted molar refractivity (Wildman–Crippen MR) is 230 cm³/mol. The van der Waals surface area contributed by atoms with Crippen LogP contribution in [0.25, 0.3) is 0 Å². The number of carbonyl (C=O) groups is 1. The summed E-state index contributed by atoms with van der Waals surface area (Å²) in [5.41, 5.74) is 0. The van der Waals surface area contributed by atoms with Crippen LogP contribution < -0.4 is 5.32 Å². The fraction of sp³-hybridized carbons (Fsp3) is 0.723. The second-order valence-corrected chi connectivity index (χ2v) is 15.1. The lowest BCUT2D eigenvalue weighted by atomic mass is 9.99. The van der Waals surface area contributed by atoms with E-state index < -0.39 is 49.5 Å². The Hall–Kier alpha value is -2.37. The molecule has 0 spiro atoms. The first-order valence-electron chi connectivity index (χ1n) is 22.2. The van der Waals surface area contributed by atoms with Crippen molar-refractivity contribution in [1.82, 2.24) is 5.32 Å². The molecule has 0 bridgehead atoms. The summed E-state index contributed by atoms with van der Waals surface area (Å²) in [5, 5.41) is 54.0. The Bertz CT molecular complexity index is 1100. The summed E-state index contributed by atoms with van der Waals surface area (Å²) in [6.07, 6.45) is 42.3. The van der Waals surface area contributed by atoms with Gasteiger partial charge >= 0.3 is 0 Å². The molecule has 1 heterocycles. The molecule has 9 nitrogen and oxygen atoms in total. The molecule has 0 saturated carbocycles. The molecule has 7 atom stereocenters. The van der Waals surface area contributed by atoms with E-state index in [0.717, 1.165) is 89.9 Å². The Morgan fingerprint density at radius 2 is 1.09 bits per heavy atom. The van der Waals surface area contributed by atoms with Crippen LogP contribution in [-0.2, 0) is 14.3 Å². The van der Waals surface area contributed by atoms with Crippen LogP contribution in [0.15, 0.2) is 72.9 Å². The maximum absolute atomic E-state index is 12.9. The number of ether oxygens (including phenoxy) is 2. The smallest absolute Gasteiger partial charge is 0.220 e. The van der Waals surface area contributed by atoms with E-state index in [4.69, 9.17) is 9.47 Å². The lowest BCUT2D eigenvalue weighted by Crippen LogP contribution is -2.60. The fourth-order valence-electron chi connectivity index (χ4n) is 6.35. The van der Waals surface area contributed by atoms with Crippen molar-refractivity contribution in [2.24, 2.45) is 0 Å². The van der Waals surface area contributed by atoms with Gasteiger partial charge in [-0.2, -0.15) is 0 Å². The highest BCUT2D eigenvalue weighted by Crippen LogP contribution is 2.22. The van der Waals surface area contributed by atoms with Crippen molar-refractivity contribution >= 4 is 5.91 Å². The molecule has 0 radical (unpaired) electrons. The molecule has 1 rings (SSSR count). The van der Waals surface area contributed by atoms with E-state index in [1.165, 1.54) is 51.4 Å². The van der Waals surface area contributed by atoms with Crippen molar-refractivity contribution in [2.75, 3.05) is 13.2 Å². The molecule has 6 N–H and O–H groups in total. The molecule has 1 aliphatic rings. The number of aliphatic hydroxyl groups is 5. The summed E-state index contributed by atoms with van der Waals surface area (Å²) >= 11 is 0. The van der Waals surface area contributed by atoms with Crippen LogP contribution in [0.1, 0.15) is 162 Å². The Labute approximate surface area is 340 Å². The van der Waals surface area contributed by atoms with Crippen LogP contribution in [-0.4, -0.2) is 87.5 Å². The van der Waals surface area contributed by atoms with E-state index in [9.17, 15) is 30.3 Å². The van der Waals surface area contributed by atoms with Gasteiger partial charge in [0.15, 0.2) is 6.29 Å². The standard InChI is InChI=1S/C47H81NO8/c1-3-5-7-9-11-13-15-17-18-19-20-21-22-23-24-25-27-29-31-33-35-37-43(51)48-40(39-55-47-46(54)45(53)44(52)42(38-49)56-47)41(50)36-34-32-30-28-26-16-14-12-10-8-6-4-2/h10,12,15,17,19-20,22-23,26,28,34,36,40-42,44-47,49-50,52-54H,3-9,11,13-14,16,18,21,24-25,27,29-33,35,37-39H2,1-2H3,(H,48,51)/b12-10+,17-15-,20-19-,23-22-,28-26+,36-34+. The van der Waals surface area contributed by atoms with Crippen LogP contribution in [0.5, 0.6) is 0 Å². The van der Waals surface area contributed by atoms with E-state index in [1.54, 1.807) is 6.08 Å². The first-order chi connectivity index (χ1) is 27.3. The number of nitrogens with one attached hydrogen (secondary N) is 1. The Kier molecular flexibility index (Phi) is 34.1. The molecule has 1 saturated heterocycles. The van der Waals surface area contributed by atoms with Gasteiger partial charge in [-0.15, -0.1) is 0 Å². The van der Waals surface area contributed by atoms with Crippen LogP contribution in [0.2, 0.25) is 0 Å². The number of hydrogen-bond donors (Lipinski definition) is 6. The van der Waals surface area contributed by atoms with E-state index in [1.807, 2.05) is 6.08 Å². The average Bonchev–Trinajstić information content (AvgIpc) is 3.20. The van der Waals surface area contributed by atoms with Crippen molar-refractivity contribution < 1.29 is 39.8 Å². The van der Waals surface area contributed by atoms with Gasteiger partial charge in [-0.3, -0.25) is 4.79 Å². The normalized spacial score (nSPS) is 21.9. The third-order valence-electron chi connectivity index (χ3n) is 9.98. The largest absolute Gasteiger partial charge is 0.394 e. The highest BCUT2D eigenvalue weighted by Gasteiger charge is 2.44. The first kappa shape index (κ1) is 51.6. The Balaban J connectivity index is 2.38. The lowest BCUT2D eigenvalue weighted by Gasteiger charge is -2.40. The average molecular weight is 788 g/mol. The van der Waals surface area contributed by atoms with Gasteiger partial charge < -0.3 is 40.3 Å². The van der Waals surface area contributed by atoms with Crippen LogP contribution >= 0.6 is 0 Å². The molecule has 56 heavy (non-hydrogen) atoms. The zero-order valence-corrected chi connectivity index (χ0v) is 35.1. The second-order valence-electron chi connectivity index (χ2n) is 15.1. The third-order valence-corrected chi connectivity index (χ3v) is 9.98. The van der Waals surface area contributed by atoms with E-state index in [2.05, 4.69) is 79.9 Å². The van der Waals surface area contributed by atoms with Gasteiger partial charge in [-0.1, -0.05) is 151 Å². The van der Waals surface area contributed by atoms with Crippen molar-refractivity contribution in [1.29, 1.82) is 0 Å². The zero-order chi connectivity index (χ0) is 40.9. The molecular weight excluding hydrogens is 707 g/mol. The van der Waals surface area contributed by atoms with Gasteiger partial charge in [0.05, 0.1) is 25.4 Å². The zero-order valence-electron chi connectivity index (χ0n) is 35.1. The molecule has 322 valence electrons. The molecule has 9 heteroatoms. The highest BCUT2D eigenvalue weighted by atomic mass is 16.7. The maximum Gasteiger partial charge on any atom is 0.220 e. The minimum atomic E-state index is -1.58. The number of amides is 1.